The Hall–Kier alpha value is -1.88. The smallest absolute Gasteiger partial charge is 0.305 e. The largest absolute Gasteiger partial charge is 0.508 e. The van der Waals surface area contributed by atoms with E-state index in [2.05, 4.69) is 0 Å². The number of benzene rings is 1. The lowest BCUT2D eigenvalue weighted by atomic mass is 10.0. The number of hydrogen-bond donors (Lipinski definition) is 3. The van der Waals surface area contributed by atoms with E-state index in [1.54, 1.807) is 0 Å². The van der Waals surface area contributed by atoms with Crippen LogP contribution < -0.4 is 5.73 Å². The molecule has 1 atom stereocenters. The number of carboxylic acid groups (broad SMARTS) is 1. The lowest BCUT2D eigenvalue weighted by Crippen LogP contribution is -2.32. The molecule has 0 saturated carbocycles. The molecule has 1 aromatic rings. The maximum atomic E-state index is 11.5. The third-order valence-electron chi connectivity index (χ3n) is 1.88. The van der Waals surface area contributed by atoms with Gasteiger partial charge < -0.3 is 15.9 Å². The summed E-state index contributed by atoms with van der Waals surface area (Å²) in [4.78, 5) is 21.8. The Balaban J connectivity index is 2.76. The Kier molecular flexibility index (Phi) is 3.41. The molecule has 0 aromatic heterocycles. The second kappa shape index (κ2) is 4.56. The third-order valence-corrected chi connectivity index (χ3v) is 1.88. The molecule has 15 heavy (non-hydrogen) atoms. The molecule has 0 aliphatic carbocycles. The minimum atomic E-state index is -1.12. The van der Waals surface area contributed by atoms with Crippen molar-refractivity contribution in [1.29, 1.82) is 0 Å². The van der Waals surface area contributed by atoms with Gasteiger partial charge in [-0.15, -0.1) is 0 Å². The Morgan fingerprint density at radius 1 is 1.27 bits per heavy atom. The minimum absolute atomic E-state index is 0.0401. The lowest BCUT2D eigenvalue weighted by molar-refractivity contribution is -0.137. The van der Waals surface area contributed by atoms with Crippen molar-refractivity contribution in [3.05, 3.63) is 29.8 Å². The first-order valence-corrected chi connectivity index (χ1v) is 4.31. The summed E-state index contributed by atoms with van der Waals surface area (Å²) in [7, 11) is 0. The van der Waals surface area contributed by atoms with Crippen LogP contribution in [0.15, 0.2) is 24.3 Å². The zero-order valence-corrected chi connectivity index (χ0v) is 7.88. The standard InChI is InChI=1S/C10H11NO4/c11-8(5-9(13)14)10(15)6-1-3-7(12)4-2-6/h1-4,8,12H,5,11H2,(H,13,14). The van der Waals surface area contributed by atoms with Gasteiger partial charge in [0.15, 0.2) is 5.78 Å². The van der Waals surface area contributed by atoms with E-state index in [1.165, 1.54) is 24.3 Å². The second-order valence-electron chi connectivity index (χ2n) is 3.12. The summed E-state index contributed by atoms with van der Waals surface area (Å²) in [6, 6.07) is 4.45. The molecule has 5 heteroatoms. The van der Waals surface area contributed by atoms with Crippen LogP contribution in [0.25, 0.3) is 0 Å². The fraction of sp³-hybridized carbons (Fsp3) is 0.200. The van der Waals surface area contributed by atoms with E-state index in [0.717, 1.165) is 0 Å². The minimum Gasteiger partial charge on any atom is -0.508 e. The summed E-state index contributed by atoms with van der Waals surface area (Å²) >= 11 is 0. The number of hydrogen-bond acceptors (Lipinski definition) is 4. The summed E-state index contributed by atoms with van der Waals surface area (Å²) in [5, 5.41) is 17.4. The molecule has 1 unspecified atom stereocenters. The molecular weight excluding hydrogens is 198 g/mol. The molecule has 1 rings (SSSR count). The zero-order valence-electron chi connectivity index (χ0n) is 7.88. The van der Waals surface area contributed by atoms with Gasteiger partial charge in [0.05, 0.1) is 12.5 Å². The third kappa shape index (κ3) is 3.07. The molecule has 0 radical (unpaired) electrons. The molecule has 4 N–H and O–H groups in total. The number of aliphatic carboxylic acids is 1. The van der Waals surface area contributed by atoms with E-state index in [-0.39, 0.29) is 5.75 Å². The highest BCUT2D eigenvalue weighted by molar-refractivity contribution is 6.01. The summed E-state index contributed by atoms with van der Waals surface area (Å²) < 4.78 is 0. The van der Waals surface area contributed by atoms with Crippen LogP contribution >= 0.6 is 0 Å². The number of carbonyl (C=O) groups is 2. The van der Waals surface area contributed by atoms with Crippen LogP contribution in [0.4, 0.5) is 0 Å². The van der Waals surface area contributed by atoms with Crippen LogP contribution in [-0.4, -0.2) is 28.0 Å². The Labute approximate surface area is 86.1 Å². The average molecular weight is 209 g/mol. The second-order valence-corrected chi connectivity index (χ2v) is 3.12. The predicted octanol–water partition coefficient (Wildman–Crippen LogP) is 0.377. The molecule has 80 valence electrons. The van der Waals surface area contributed by atoms with Crippen LogP contribution in [-0.2, 0) is 4.79 Å². The molecule has 0 bridgehead atoms. The molecule has 0 amide bonds. The van der Waals surface area contributed by atoms with Crippen molar-refractivity contribution in [2.75, 3.05) is 0 Å². The Morgan fingerprint density at radius 2 is 1.80 bits per heavy atom. The van der Waals surface area contributed by atoms with Gasteiger partial charge in [-0.05, 0) is 24.3 Å². The first-order valence-electron chi connectivity index (χ1n) is 4.31. The molecule has 0 aliphatic rings. The summed E-state index contributed by atoms with van der Waals surface area (Å²) in [5.41, 5.74) is 5.69. The first-order chi connectivity index (χ1) is 7.00. The summed E-state index contributed by atoms with van der Waals surface area (Å²) in [6.45, 7) is 0. The molecule has 0 spiro atoms. The van der Waals surface area contributed by atoms with Crippen molar-refractivity contribution in [3.8, 4) is 5.75 Å². The van der Waals surface area contributed by atoms with Crippen LogP contribution in [0.1, 0.15) is 16.8 Å². The molecular formula is C10H11NO4. The van der Waals surface area contributed by atoms with Gasteiger partial charge in [-0.2, -0.15) is 0 Å². The Bertz CT molecular complexity index is 372. The van der Waals surface area contributed by atoms with E-state index in [0.29, 0.717) is 5.56 Å². The van der Waals surface area contributed by atoms with E-state index in [4.69, 9.17) is 15.9 Å². The molecule has 5 nitrogen and oxygen atoms in total. The van der Waals surface area contributed by atoms with Gasteiger partial charge >= 0.3 is 5.97 Å². The fourth-order valence-corrected chi connectivity index (χ4v) is 1.12. The molecule has 1 aromatic carbocycles. The van der Waals surface area contributed by atoms with Crippen LogP contribution in [0.2, 0.25) is 0 Å². The normalized spacial score (nSPS) is 12.1. The number of carbonyl (C=O) groups excluding carboxylic acids is 1. The number of carboxylic acids is 1. The van der Waals surface area contributed by atoms with Gasteiger partial charge in [-0.25, -0.2) is 0 Å². The van der Waals surface area contributed by atoms with E-state index >= 15 is 0 Å². The van der Waals surface area contributed by atoms with Crippen molar-refractivity contribution in [1.82, 2.24) is 0 Å². The SMILES string of the molecule is NC(CC(=O)O)C(=O)c1ccc(O)cc1. The first kappa shape index (κ1) is 11.2. The van der Waals surface area contributed by atoms with Crippen LogP contribution in [0.3, 0.4) is 0 Å². The molecule has 0 fully saturated rings. The average Bonchev–Trinajstić information content (AvgIpc) is 2.17. The van der Waals surface area contributed by atoms with Crippen LogP contribution in [0.5, 0.6) is 5.75 Å². The van der Waals surface area contributed by atoms with Gasteiger partial charge in [-0.1, -0.05) is 0 Å². The highest BCUT2D eigenvalue weighted by Gasteiger charge is 2.18. The molecule has 0 aliphatic heterocycles. The predicted molar refractivity (Wildman–Crippen MR) is 52.7 cm³/mol. The van der Waals surface area contributed by atoms with Gasteiger partial charge in [0.1, 0.15) is 5.75 Å². The Morgan fingerprint density at radius 3 is 2.27 bits per heavy atom. The number of phenols is 1. The topological polar surface area (TPSA) is 101 Å². The van der Waals surface area contributed by atoms with Gasteiger partial charge in [0.25, 0.3) is 0 Å². The highest BCUT2D eigenvalue weighted by Crippen LogP contribution is 2.11. The number of Topliss-reactive ketones (excluding diaryl/α,β-unsaturated/α-hetero) is 1. The van der Waals surface area contributed by atoms with Crippen molar-refractivity contribution in [2.45, 2.75) is 12.5 Å². The van der Waals surface area contributed by atoms with E-state index < -0.39 is 24.2 Å². The molecule has 0 saturated heterocycles. The number of rotatable bonds is 4. The van der Waals surface area contributed by atoms with Crippen molar-refractivity contribution in [3.63, 3.8) is 0 Å². The quantitative estimate of drug-likeness (QED) is 0.622. The number of phenolic OH excluding ortho intramolecular Hbond substituents is 1. The maximum Gasteiger partial charge on any atom is 0.305 e. The van der Waals surface area contributed by atoms with Gasteiger partial charge in [0.2, 0.25) is 0 Å². The fourth-order valence-electron chi connectivity index (χ4n) is 1.12. The zero-order chi connectivity index (χ0) is 11.4. The van der Waals surface area contributed by atoms with E-state index in [1.807, 2.05) is 0 Å². The summed E-state index contributed by atoms with van der Waals surface area (Å²) in [6.07, 6.45) is -0.403. The lowest BCUT2D eigenvalue weighted by Gasteiger charge is -2.07. The summed E-state index contributed by atoms with van der Waals surface area (Å²) in [5.74, 6) is -1.52. The van der Waals surface area contributed by atoms with Crippen molar-refractivity contribution < 1.29 is 19.8 Å². The monoisotopic (exact) mass is 209 g/mol. The van der Waals surface area contributed by atoms with Crippen molar-refractivity contribution >= 4 is 11.8 Å². The maximum absolute atomic E-state index is 11.5. The highest BCUT2D eigenvalue weighted by atomic mass is 16.4. The van der Waals surface area contributed by atoms with Gasteiger partial charge in [0, 0.05) is 5.56 Å². The van der Waals surface area contributed by atoms with Crippen LogP contribution in [0, 0.1) is 0 Å². The number of nitrogens with two attached hydrogens (primary N) is 1. The van der Waals surface area contributed by atoms with Crippen molar-refractivity contribution in [2.24, 2.45) is 5.73 Å². The van der Waals surface area contributed by atoms with E-state index in [9.17, 15) is 9.59 Å². The number of aromatic hydroxyl groups is 1. The molecule has 0 heterocycles. The number of ketones is 1. The van der Waals surface area contributed by atoms with Gasteiger partial charge in [-0.3, -0.25) is 9.59 Å².